The second-order valence-electron chi connectivity index (χ2n) is 7.13. The van der Waals surface area contributed by atoms with Crippen LogP contribution in [-0.2, 0) is 4.74 Å². The van der Waals surface area contributed by atoms with E-state index in [0.717, 1.165) is 24.4 Å². The SMILES string of the molecule is COc1ccc(C(CNC(=O)c2cc3ccccc3oc2=O)N2CCOCC2)cc1. The van der Waals surface area contributed by atoms with Crippen LogP contribution in [0.2, 0.25) is 0 Å². The molecular weight excluding hydrogens is 384 g/mol. The fraction of sp³-hybridized carbons (Fsp3) is 0.304. The van der Waals surface area contributed by atoms with Gasteiger partial charge in [0, 0.05) is 25.0 Å². The number of nitrogens with zero attached hydrogens (tertiary/aromatic N) is 1. The molecule has 1 atom stereocenters. The standard InChI is InChI=1S/C23H24N2O5/c1-28-18-8-6-16(7-9-18)20(25-10-12-29-13-11-25)15-24-22(26)19-14-17-4-2-3-5-21(17)30-23(19)27/h2-9,14,20H,10-13,15H2,1H3,(H,24,26). The van der Waals surface area contributed by atoms with E-state index < -0.39 is 11.5 Å². The highest BCUT2D eigenvalue weighted by Gasteiger charge is 2.24. The van der Waals surface area contributed by atoms with E-state index in [2.05, 4.69) is 10.2 Å². The fourth-order valence-electron chi connectivity index (χ4n) is 3.68. The molecule has 1 aliphatic heterocycles. The number of nitrogens with one attached hydrogen (secondary N) is 1. The van der Waals surface area contributed by atoms with Gasteiger partial charge in [-0.05, 0) is 29.8 Å². The Labute approximate surface area is 174 Å². The smallest absolute Gasteiger partial charge is 0.349 e. The lowest BCUT2D eigenvalue weighted by molar-refractivity contribution is 0.0162. The van der Waals surface area contributed by atoms with E-state index in [1.807, 2.05) is 36.4 Å². The van der Waals surface area contributed by atoms with E-state index in [4.69, 9.17) is 13.9 Å². The second-order valence-corrected chi connectivity index (χ2v) is 7.13. The van der Waals surface area contributed by atoms with Crippen LogP contribution in [0.5, 0.6) is 5.75 Å². The van der Waals surface area contributed by atoms with Crippen molar-refractivity contribution in [1.29, 1.82) is 0 Å². The Morgan fingerprint density at radius 2 is 1.87 bits per heavy atom. The molecular formula is C23H24N2O5. The summed E-state index contributed by atoms with van der Waals surface area (Å²) in [6, 6.07) is 16.5. The van der Waals surface area contributed by atoms with Gasteiger partial charge < -0.3 is 19.2 Å². The first-order valence-electron chi connectivity index (χ1n) is 9.92. The predicted octanol–water partition coefficient (Wildman–Crippen LogP) is 2.60. The number of rotatable bonds is 6. The summed E-state index contributed by atoms with van der Waals surface area (Å²) in [6.07, 6.45) is 0. The number of benzene rings is 2. The van der Waals surface area contributed by atoms with Gasteiger partial charge in [-0.3, -0.25) is 9.69 Å². The summed E-state index contributed by atoms with van der Waals surface area (Å²) in [5, 5.41) is 3.63. The van der Waals surface area contributed by atoms with Crippen LogP contribution in [0, 0.1) is 0 Å². The van der Waals surface area contributed by atoms with Crippen molar-refractivity contribution in [1.82, 2.24) is 10.2 Å². The number of fused-ring (bicyclic) bond motifs is 1. The first-order chi connectivity index (χ1) is 14.7. The molecule has 0 radical (unpaired) electrons. The van der Waals surface area contributed by atoms with Gasteiger partial charge in [0.1, 0.15) is 16.9 Å². The molecule has 1 N–H and O–H groups in total. The summed E-state index contributed by atoms with van der Waals surface area (Å²) in [7, 11) is 1.63. The van der Waals surface area contributed by atoms with Crippen LogP contribution < -0.4 is 15.7 Å². The predicted molar refractivity (Wildman–Crippen MR) is 113 cm³/mol. The highest BCUT2D eigenvalue weighted by Crippen LogP contribution is 2.24. The van der Waals surface area contributed by atoms with Gasteiger partial charge in [0.25, 0.3) is 5.91 Å². The topological polar surface area (TPSA) is 81.0 Å². The number of hydrogen-bond donors (Lipinski definition) is 1. The normalized spacial score (nSPS) is 15.6. The molecule has 2 aromatic carbocycles. The van der Waals surface area contributed by atoms with E-state index in [0.29, 0.717) is 30.7 Å². The van der Waals surface area contributed by atoms with Crippen LogP contribution in [0.4, 0.5) is 0 Å². The lowest BCUT2D eigenvalue weighted by atomic mass is 10.0. The van der Waals surface area contributed by atoms with E-state index in [9.17, 15) is 9.59 Å². The van der Waals surface area contributed by atoms with E-state index in [1.54, 1.807) is 25.3 Å². The molecule has 1 unspecified atom stereocenters. The van der Waals surface area contributed by atoms with Crippen LogP contribution in [0.25, 0.3) is 11.0 Å². The van der Waals surface area contributed by atoms with Crippen molar-refractivity contribution < 1.29 is 18.7 Å². The summed E-state index contributed by atoms with van der Waals surface area (Å²) in [5.41, 5.74) is 0.884. The van der Waals surface area contributed by atoms with Gasteiger partial charge in [-0.2, -0.15) is 0 Å². The van der Waals surface area contributed by atoms with Crippen LogP contribution >= 0.6 is 0 Å². The summed E-state index contributed by atoms with van der Waals surface area (Å²) < 4.78 is 16.0. The zero-order valence-corrected chi connectivity index (χ0v) is 16.8. The van der Waals surface area contributed by atoms with Crippen LogP contribution in [0.15, 0.2) is 63.8 Å². The van der Waals surface area contributed by atoms with Gasteiger partial charge >= 0.3 is 5.63 Å². The minimum Gasteiger partial charge on any atom is -0.497 e. The summed E-state index contributed by atoms with van der Waals surface area (Å²) >= 11 is 0. The molecule has 4 rings (SSSR count). The zero-order valence-electron chi connectivity index (χ0n) is 16.8. The number of carbonyl (C=O) groups excluding carboxylic acids is 1. The molecule has 7 heteroatoms. The van der Waals surface area contributed by atoms with Gasteiger partial charge in [-0.1, -0.05) is 30.3 Å². The third kappa shape index (κ3) is 4.37. The molecule has 3 aromatic rings. The number of para-hydroxylation sites is 1. The maximum Gasteiger partial charge on any atom is 0.349 e. The lowest BCUT2D eigenvalue weighted by Crippen LogP contribution is -2.44. The highest BCUT2D eigenvalue weighted by molar-refractivity contribution is 5.96. The van der Waals surface area contributed by atoms with Crippen molar-refractivity contribution in [2.24, 2.45) is 0 Å². The number of carbonyl (C=O) groups is 1. The molecule has 7 nitrogen and oxygen atoms in total. The summed E-state index contributed by atoms with van der Waals surface area (Å²) in [4.78, 5) is 27.4. The number of morpholine rings is 1. The Morgan fingerprint density at radius 1 is 1.13 bits per heavy atom. The minimum atomic E-state index is -0.640. The minimum absolute atomic E-state index is 0.00385. The van der Waals surface area contributed by atoms with Gasteiger partial charge in [0.05, 0.1) is 26.4 Å². The van der Waals surface area contributed by atoms with Crippen molar-refractivity contribution in [3.05, 3.63) is 76.1 Å². The van der Waals surface area contributed by atoms with Crippen LogP contribution in [0.1, 0.15) is 22.0 Å². The Kier molecular flexibility index (Phi) is 6.11. The zero-order chi connectivity index (χ0) is 20.9. The molecule has 0 saturated carbocycles. The van der Waals surface area contributed by atoms with Crippen molar-refractivity contribution in [3.8, 4) is 5.75 Å². The van der Waals surface area contributed by atoms with Gasteiger partial charge in [0.15, 0.2) is 0 Å². The molecule has 30 heavy (non-hydrogen) atoms. The average Bonchev–Trinajstić information content (AvgIpc) is 2.79. The van der Waals surface area contributed by atoms with Gasteiger partial charge in [-0.25, -0.2) is 4.79 Å². The Hall–Kier alpha value is -3.16. The fourth-order valence-corrected chi connectivity index (χ4v) is 3.68. The average molecular weight is 408 g/mol. The summed E-state index contributed by atoms with van der Waals surface area (Å²) in [6.45, 7) is 3.19. The molecule has 1 aromatic heterocycles. The first-order valence-corrected chi connectivity index (χ1v) is 9.92. The molecule has 1 amide bonds. The van der Waals surface area contributed by atoms with Crippen LogP contribution in [0.3, 0.4) is 0 Å². The molecule has 1 fully saturated rings. The van der Waals surface area contributed by atoms with Crippen molar-refractivity contribution in [3.63, 3.8) is 0 Å². The number of ether oxygens (including phenoxy) is 2. The largest absolute Gasteiger partial charge is 0.497 e. The first kappa shape index (κ1) is 20.1. The van der Waals surface area contributed by atoms with Crippen molar-refractivity contribution in [2.45, 2.75) is 6.04 Å². The molecule has 156 valence electrons. The number of amides is 1. The van der Waals surface area contributed by atoms with E-state index >= 15 is 0 Å². The van der Waals surface area contributed by atoms with E-state index in [-0.39, 0.29) is 11.6 Å². The van der Waals surface area contributed by atoms with E-state index in [1.165, 1.54) is 0 Å². The van der Waals surface area contributed by atoms with Crippen molar-refractivity contribution in [2.75, 3.05) is 40.0 Å². The molecule has 2 heterocycles. The molecule has 0 aliphatic carbocycles. The summed E-state index contributed by atoms with van der Waals surface area (Å²) in [5.74, 6) is 0.332. The third-order valence-corrected chi connectivity index (χ3v) is 5.33. The number of hydrogen-bond acceptors (Lipinski definition) is 6. The van der Waals surface area contributed by atoms with Gasteiger partial charge in [0.2, 0.25) is 0 Å². The third-order valence-electron chi connectivity index (χ3n) is 5.33. The molecule has 1 aliphatic rings. The Morgan fingerprint density at radius 3 is 2.60 bits per heavy atom. The Balaban J connectivity index is 1.54. The molecule has 0 bridgehead atoms. The Bertz CT molecular complexity index is 1070. The highest BCUT2D eigenvalue weighted by atomic mass is 16.5. The maximum atomic E-state index is 12.8. The van der Waals surface area contributed by atoms with Crippen molar-refractivity contribution >= 4 is 16.9 Å². The monoisotopic (exact) mass is 408 g/mol. The molecule has 0 spiro atoms. The lowest BCUT2D eigenvalue weighted by Gasteiger charge is -2.35. The number of methoxy groups -OCH3 is 1. The van der Waals surface area contributed by atoms with Gasteiger partial charge in [-0.15, -0.1) is 0 Å². The second kappa shape index (κ2) is 9.11. The quantitative estimate of drug-likeness (QED) is 0.632. The maximum absolute atomic E-state index is 12.8. The molecule has 1 saturated heterocycles. The van der Waals surface area contributed by atoms with Crippen LogP contribution in [-0.4, -0.2) is 50.8 Å².